The van der Waals surface area contributed by atoms with Crippen LogP contribution in [0.3, 0.4) is 0 Å². The zero-order valence-corrected chi connectivity index (χ0v) is 20.3. The molecule has 4 rings (SSSR count). The Balaban J connectivity index is 1.60. The summed E-state index contributed by atoms with van der Waals surface area (Å²) in [7, 11) is -2.88. The van der Waals surface area contributed by atoms with Crippen LogP contribution in [0.4, 0.5) is 11.4 Å². The van der Waals surface area contributed by atoms with Crippen LogP contribution in [-0.4, -0.2) is 31.4 Å². The third kappa shape index (κ3) is 5.13. The van der Waals surface area contributed by atoms with Gasteiger partial charge in [0.1, 0.15) is 10.7 Å². The maximum atomic E-state index is 13.2. The molecular formula is C24H19N5O4S2. The summed E-state index contributed by atoms with van der Waals surface area (Å²) >= 11 is 1.32. The second-order valence-electron chi connectivity index (χ2n) is 7.28. The fourth-order valence-corrected chi connectivity index (χ4v) is 5.27. The zero-order chi connectivity index (χ0) is 25.0. The van der Waals surface area contributed by atoms with Gasteiger partial charge >= 0.3 is 0 Å². The van der Waals surface area contributed by atoms with Crippen LogP contribution < -0.4 is 14.8 Å². The van der Waals surface area contributed by atoms with Gasteiger partial charge in [-0.1, -0.05) is 36.4 Å². The lowest BCUT2D eigenvalue weighted by Crippen LogP contribution is -2.17. The largest absolute Gasteiger partial charge is 0.480 e. The van der Waals surface area contributed by atoms with E-state index in [4.69, 9.17) is 4.74 Å². The van der Waals surface area contributed by atoms with Crippen LogP contribution in [0.15, 0.2) is 71.1 Å². The van der Waals surface area contributed by atoms with Crippen LogP contribution >= 0.6 is 11.3 Å². The van der Waals surface area contributed by atoms with Gasteiger partial charge in [-0.25, -0.2) is 18.4 Å². The number of nitrogens with one attached hydrogen (secondary N) is 2. The summed E-state index contributed by atoms with van der Waals surface area (Å²) in [5.41, 5.74) is 2.29. The Morgan fingerprint density at radius 1 is 1.14 bits per heavy atom. The second-order valence-corrected chi connectivity index (χ2v) is 9.79. The van der Waals surface area contributed by atoms with Gasteiger partial charge in [0.15, 0.2) is 4.90 Å². The fraction of sp³-hybridized carbons (Fsp3) is 0.0833. The molecular weight excluding hydrogens is 486 g/mol. The summed E-state index contributed by atoms with van der Waals surface area (Å²) in [6, 6.07) is 17.4. The third-order valence-electron chi connectivity index (χ3n) is 5.02. The van der Waals surface area contributed by atoms with E-state index in [9.17, 15) is 18.5 Å². The lowest BCUT2D eigenvalue weighted by atomic mass is 10.1. The summed E-state index contributed by atoms with van der Waals surface area (Å²) in [4.78, 5) is 20.9. The number of hydrogen-bond acceptors (Lipinski definition) is 8. The molecule has 0 aliphatic rings. The maximum Gasteiger partial charge on any atom is 0.275 e. The molecule has 176 valence electrons. The van der Waals surface area contributed by atoms with E-state index in [0.717, 1.165) is 5.56 Å². The number of methoxy groups -OCH3 is 1. The van der Waals surface area contributed by atoms with E-state index < -0.39 is 15.9 Å². The van der Waals surface area contributed by atoms with Crippen LogP contribution in [0.25, 0.3) is 10.6 Å². The standard InChI is InChI=1S/C24H19N5O4S2/c1-15-17(12-25)9-6-10-19(15)29-35(31,32)21-11-18(13-26-23(21)33-2)27-22(30)20-14-34-24(28-20)16-7-4-3-5-8-16/h3-11,13-14,29H,1-2H3,(H,27,30). The number of carbonyl (C=O) groups is 1. The molecule has 2 heterocycles. The van der Waals surface area contributed by atoms with Gasteiger partial charge in [0.25, 0.3) is 15.9 Å². The Kier molecular flexibility index (Phi) is 6.77. The van der Waals surface area contributed by atoms with Crippen LogP contribution in [0.1, 0.15) is 21.6 Å². The van der Waals surface area contributed by atoms with Crippen molar-refractivity contribution in [3.05, 3.63) is 83.0 Å². The molecule has 0 saturated carbocycles. The molecule has 9 nitrogen and oxygen atoms in total. The van der Waals surface area contributed by atoms with Crippen molar-refractivity contribution < 1.29 is 17.9 Å². The summed E-state index contributed by atoms with van der Waals surface area (Å²) in [5, 5.41) is 14.2. The monoisotopic (exact) mass is 505 g/mol. The summed E-state index contributed by atoms with van der Waals surface area (Å²) in [5.74, 6) is -0.658. The van der Waals surface area contributed by atoms with Crippen molar-refractivity contribution in [2.45, 2.75) is 11.8 Å². The van der Waals surface area contributed by atoms with E-state index >= 15 is 0 Å². The van der Waals surface area contributed by atoms with Gasteiger partial charge in [-0.15, -0.1) is 11.3 Å². The minimum absolute atomic E-state index is 0.146. The summed E-state index contributed by atoms with van der Waals surface area (Å²) in [6.45, 7) is 1.64. The number of hydrogen-bond donors (Lipinski definition) is 2. The number of thiazole rings is 1. The highest BCUT2D eigenvalue weighted by atomic mass is 32.2. The second kappa shape index (κ2) is 9.92. The molecule has 0 atom stereocenters. The van der Waals surface area contributed by atoms with Crippen LogP contribution in [0, 0.1) is 18.3 Å². The first-order valence-electron chi connectivity index (χ1n) is 10.2. The zero-order valence-electron chi connectivity index (χ0n) is 18.6. The first kappa shape index (κ1) is 23.9. The van der Waals surface area contributed by atoms with E-state index in [-0.39, 0.29) is 27.8 Å². The third-order valence-corrected chi connectivity index (χ3v) is 7.27. The number of nitriles is 1. The first-order chi connectivity index (χ1) is 16.8. The van der Waals surface area contributed by atoms with Gasteiger partial charge in [-0.2, -0.15) is 5.26 Å². The van der Waals surface area contributed by atoms with Crippen molar-refractivity contribution in [2.24, 2.45) is 0 Å². The Morgan fingerprint density at radius 2 is 1.91 bits per heavy atom. The highest BCUT2D eigenvalue weighted by Crippen LogP contribution is 2.29. The van der Waals surface area contributed by atoms with Gasteiger partial charge in [0.2, 0.25) is 5.88 Å². The van der Waals surface area contributed by atoms with Gasteiger partial charge < -0.3 is 10.1 Å². The van der Waals surface area contributed by atoms with E-state index in [0.29, 0.717) is 16.1 Å². The van der Waals surface area contributed by atoms with Gasteiger partial charge in [0.05, 0.1) is 36.3 Å². The predicted molar refractivity (Wildman–Crippen MR) is 133 cm³/mol. The van der Waals surface area contributed by atoms with Crippen LogP contribution in [0.2, 0.25) is 0 Å². The predicted octanol–water partition coefficient (Wildman–Crippen LogP) is 4.45. The Morgan fingerprint density at radius 3 is 2.63 bits per heavy atom. The van der Waals surface area contributed by atoms with Crippen molar-refractivity contribution >= 4 is 38.6 Å². The Bertz CT molecular complexity index is 1540. The highest BCUT2D eigenvalue weighted by Gasteiger charge is 2.24. The molecule has 0 spiro atoms. The van der Waals surface area contributed by atoms with Crippen LogP contribution in [0.5, 0.6) is 5.88 Å². The summed E-state index contributed by atoms with van der Waals surface area (Å²) in [6.07, 6.45) is 1.29. The first-order valence-corrected chi connectivity index (χ1v) is 12.6. The van der Waals surface area contributed by atoms with E-state index in [1.807, 2.05) is 36.4 Å². The SMILES string of the molecule is COc1ncc(NC(=O)c2csc(-c3ccccc3)n2)cc1S(=O)(=O)Nc1cccc(C#N)c1C. The number of benzene rings is 2. The Hall–Kier alpha value is -4.27. The number of rotatable bonds is 7. The molecule has 0 aliphatic carbocycles. The van der Waals surface area contributed by atoms with Gasteiger partial charge in [0, 0.05) is 10.9 Å². The van der Waals surface area contributed by atoms with Crippen molar-refractivity contribution in [2.75, 3.05) is 17.1 Å². The molecule has 11 heteroatoms. The average molecular weight is 506 g/mol. The quantitative estimate of drug-likeness (QED) is 0.379. The highest BCUT2D eigenvalue weighted by molar-refractivity contribution is 7.92. The number of anilines is 2. The van der Waals surface area contributed by atoms with Crippen molar-refractivity contribution in [1.29, 1.82) is 5.26 Å². The minimum Gasteiger partial charge on any atom is -0.480 e. The number of carbonyl (C=O) groups excluding carboxylic acids is 1. The lowest BCUT2D eigenvalue weighted by molar-refractivity contribution is 0.102. The molecule has 0 unspecified atom stereocenters. The molecule has 0 aliphatic heterocycles. The fourth-order valence-electron chi connectivity index (χ4n) is 3.20. The molecule has 2 aromatic carbocycles. The number of aromatic nitrogens is 2. The number of sulfonamides is 1. The van der Waals surface area contributed by atoms with Crippen LogP contribution in [-0.2, 0) is 10.0 Å². The molecule has 2 N–H and O–H groups in total. The van der Waals surface area contributed by atoms with Crippen molar-refractivity contribution in [3.63, 3.8) is 0 Å². The number of amides is 1. The molecule has 35 heavy (non-hydrogen) atoms. The number of pyridine rings is 1. The molecule has 0 radical (unpaired) electrons. The normalized spacial score (nSPS) is 10.9. The van der Waals surface area contributed by atoms with Gasteiger partial charge in [-0.3, -0.25) is 9.52 Å². The van der Waals surface area contributed by atoms with E-state index in [1.54, 1.807) is 30.5 Å². The smallest absolute Gasteiger partial charge is 0.275 e. The van der Waals surface area contributed by atoms with E-state index in [2.05, 4.69) is 20.0 Å². The van der Waals surface area contributed by atoms with Gasteiger partial charge in [-0.05, 0) is 30.7 Å². The van der Waals surface area contributed by atoms with E-state index in [1.165, 1.54) is 30.7 Å². The Labute approximate surface area is 206 Å². The molecule has 4 aromatic rings. The minimum atomic E-state index is -4.17. The number of ether oxygens (including phenoxy) is 1. The molecule has 0 fully saturated rings. The maximum absolute atomic E-state index is 13.2. The van der Waals surface area contributed by atoms with Crippen molar-refractivity contribution in [3.8, 4) is 22.5 Å². The van der Waals surface area contributed by atoms with Crippen molar-refractivity contribution in [1.82, 2.24) is 9.97 Å². The lowest BCUT2D eigenvalue weighted by Gasteiger charge is -2.14. The number of nitrogens with zero attached hydrogens (tertiary/aromatic N) is 3. The molecule has 2 aromatic heterocycles. The average Bonchev–Trinajstić information content (AvgIpc) is 3.36. The molecule has 0 saturated heterocycles. The topological polar surface area (TPSA) is 134 Å². The molecule has 1 amide bonds. The summed E-state index contributed by atoms with van der Waals surface area (Å²) < 4.78 is 33.9. The molecule has 0 bridgehead atoms.